The van der Waals surface area contributed by atoms with Crippen LogP contribution in [0.25, 0.3) is 0 Å². The molecule has 0 unspecified atom stereocenters. The van der Waals surface area contributed by atoms with Gasteiger partial charge in [0.1, 0.15) is 0 Å². The molecule has 9 heteroatoms. The van der Waals surface area contributed by atoms with E-state index in [1.165, 1.54) is 0 Å². The predicted molar refractivity (Wildman–Crippen MR) is 172 cm³/mol. The van der Waals surface area contributed by atoms with Crippen molar-refractivity contribution in [2.75, 3.05) is 43.4 Å². The van der Waals surface area contributed by atoms with Gasteiger partial charge in [0.05, 0.1) is 16.1 Å². The molecule has 1 aliphatic rings. The molecule has 1 N–H and O–H groups in total. The third-order valence-corrected chi connectivity index (χ3v) is 8.01. The van der Waals surface area contributed by atoms with Crippen LogP contribution < -0.4 is 10.2 Å². The molecule has 4 aromatic carbocycles. The monoisotopic (exact) mass is 614 g/mol. The molecule has 43 heavy (non-hydrogen) atoms. The van der Waals surface area contributed by atoms with Crippen LogP contribution in [0.5, 0.6) is 0 Å². The van der Waals surface area contributed by atoms with E-state index in [0.717, 1.165) is 17.7 Å². The molecule has 0 aromatic heterocycles. The summed E-state index contributed by atoms with van der Waals surface area (Å²) in [6, 6.07) is 28.9. The van der Waals surface area contributed by atoms with Crippen LogP contribution >= 0.6 is 23.2 Å². The molecule has 0 atom stereocenters. The molecule has 3 amide bonds. The normalized spacial score (nSPS) is 13.3. The first-order valence-electron chi connectivity index (χ1n) is 14.1. The lowest BCUT2D eigenvalue weighted by atomic mass is 10.1. The first kappa shape index (κ1) is 30.1. The Morgan fingerprint density at radius 3 is 2.26 bits per heavy atom. The Balaban J connectivity index is 1.40. The van der Waals surface area contributed by atoms with Crippen LogP contribution in [-0.2, 0) is 6.54 Å². The average molecular weight is 616 g/mol. The molecular formula is C34H32Cl2N4O3. The molecular weight excluding hydrogens is 583 g/mol. The predicted octanol–water partition coefficient (Wildman–Crippen LogP) is 6.87. The molecule has 1 heterocycles. The van der Waals surface area contributed by atoms with Crippen LogP contribution in [0, 0.1) is 0 Å². The van der Waals surface area contributed by atoms with Crippen LogP contribution in [0.3, 0.4) is 0 Å². The topological polar surface area (TPSA) is 73.0 Å². The summed E-state index contributed by atoms with van der Waals surface area (Å²) in [5.41, 5.74) is 3.65. The quantitative estimate of drug-likeness (QED) is 0.246. The van der Waals surface area contributed by atoms with E-state index in [1.54, 1.807) is 72.6 Å². The third kappa shape index (κ3) is 7.37. The second-order valence-electron chi connectivity index (χ2n) is 10.5. The lowest BCUT2D eigenvalue weighted by Gasteiger charge is -2.28. The van der Waals surface area contributed by atoms with Crippen LogP contribution in [0.2, 0.25) is 10.0 Å². The minimum absolute atomic E-state index is 0.0463. The number of carbonyl (C=O) groups excluding carboxylic acids is 3. The van der Waals surface area contributed by atoms with E-state index in [2.05, 4.69) is 10.2 Å². The highest BCUT2D eigenvalue weighted by atomic mass is 35.5. The van der Waals surface area contributed by atoms with Crippen molar-refractivity contribution in [3.05, 3.63) is 129 Å². The van der Waals surface area contributed by atoms with Crippen molar-refractivity contribution in [2.24, 2.45) is 0 Å². The first-order chi connectivity index (χ1) is 20.8. The molecule has 0 saturated carbocycles. The van der Waals surface area contributed by atoms with Gasteiger partial charge in [-0.05, 0) is 66.6 Å². The fraction of sp³-hybridized carbons (Fsp3) is 0.206. The first-order valence-corrected chi connectivity index (χ1v) is 14.8. The van der Waals surface area contributed by atoms with Crippen LogP contribution in [0.4, 0.5) is 11.4 Å². The number of amides is 3. The average Bonchev–Trinajstić information content (AvgIpc) is 3.28. The van der Waals surface area contributed by atoms with Crippen molar-refractivity contribution in [1.29, 1.82) is 0 Å². The summed E-state index contributed by atoms with van der Waals surface area (Å²) in [5.74, 6) is -0.582. The zero-order chi connectivity index (χ0) is 30.3. The van der Waals surface area contributed by atoms with Crippen molar-refractivity contribution in [3.8, 4) is 0 Å². The van der Waals surface area contributed by atoms with Gasteiger partial charge in [-0.1, -0.05) is 65.7 Å². The molecule has 1 saturated heterocycles. The maximum Gasteiger partial charge on any atom is 0.257 e. The molecule has 1 aliphatic heterocycles. The maximum absolute atomic E-state index is 13.9. The molecule has 4 aromatic rings. The van der Waals surface area contributed by atoms with Gasteiger partial charge in [0.15, 0.2) is 0 Å². The second kappa shape index (κ2) is 13.8. The van der Waals surface area contributed by atoms with Gasteiger partial charge in [-0.25, -0.2) is 0 Å². The van der Waals surface area contributed by atoms with Gasteiger partial charge >= 0.3 is 0 Å². The summed E-state index contributed by atoms with van der Waals surface area (Å²) in [4.78, 5) is 45.8. The molecule has 0 radical (unpaired) electrons. The van der Waals surface area contributed by atoms with Crippen molar-refractivity contribution in [1.82, 2.24) is 9.80 Å². The van der Waals surface area contributed by atoms with E-state index < -0.39 is 0 Å². The molecule has 0 bridgehead atoms. The van der Waals surface area contributed by atoms with E-state index in [0.29, 0.717) is 65.1 Å². The SMILES string of the molecule is CN(Cc1ccccc1)C(=O)c1cc(NC(=O)c2ccccc2Cl)ccc1N1CCCN(C(=O)c2ccc(Cl)cc2)CC1. The van der Waals surface area contributed by atoms with Crippen LogP contribution in [0.15, 0.2) is 97.1 Å². The minimum atomic E-state index is -0.361. The lowest BCUT2D eigenvalue weighted by Crippen LogP contribution is -2.36. The number of benzene rings is 4. The number of hydrogen-bond donors (Lipinski definition) is 1. The third-order valence-electron chi connectivity index (χ3n) is 7.43. The van der Waals surface area contributed by atoms with Gasteiger partial charge in [0.2, 0.25) is 0 Å². The van der Waals surface area contributed by atoms with Gasteiger partial charge in [-0.15, -0.1) is 0 Å². The molecule has 0 aliphatic carbocycles. The number of nitrogens with zero attached hydrogens (tertiary/aromatic N) is 3. The Bertz CT molecular complexity index is 1610. The van der Waals surface area contributed by atoms with Gasteiger partial charge in [0, 0.05) is 61.7 Å². The lowest BCUT2D eigenvalue weighted by molar-refractivity contribution is 0.0763. The summed E-state index contributed by atoms with van der Waals surface area (Å²) >= 11 is 12.3. The standard InChI is InChI=1S/C34H32Cl2N4O3/c1-38(23-24-8-3-2-4-9-24)34(43)29-22-27(37-32(41)28-10-5-6-11-30(28)36)16-17-31(29)39-18-7-19-40(21-20-39)33(42)25-12-14-26(35)15-13-25/h2-6,8-17,22H,7,18-21,23H2,1H3,(H,37,41). The van der Waals surface area contributed by atoms with Crippen LogP contribution in [0.1, 0.15) is 43.1 Å². The Morgan fingerprint density at radius 1 is 0.791 bits per heavy atom. The highest BCUT2D eigenvalue weighted by Gasteiger charge is 2.25. The van der Waals surface area contributed by atoms with E-state index in [4.69, 9.17) is 23.2 Å². The second-order valence-corrected chi connectivity index (χ2v) is 11.3. The molecule has 5 rings (SSSR count). The summed E-state index contributed by atoms with van der Waals surface area (Å²) < 4.78 is 0. The van der Waals surface area contributed by atoms with E-state index in [9.17, 15) is 14.4 Å². The largest absolute Gasteiger partial charge is 0.369 e. The fourth-order valence-electron chi connectivity index (χ4n) is 5.18. The number of anilines is 2. The van der Waals surface area contributed by atoms with Crippen molar-refractivity contribution in [3.63, 3.8) is 0 Å². The van der Waals surface area contributed by atoms with Crippen LogP contribution in [-0.4, -0.2) is 60.7 Å². The van der Waals surface area contributed by atoms with E-state index >= 15 is 0 Å². The summed E-state index contributed by atoms with van der Waals surface area (Å²) in [6.07, 6.45) is 0.734. The molecule has 0 spiro atoms. The number of halogens is 2. The van der Waals surface area contributed by atoms with Gasteiger partial charge in [-0.3, -0.25) is 14.4 Å². The zero-order valence-electron chi connectivity index (χ0n) is 23.8. The molecule has 1 fully saturated rings. The minimum Gasteiger partial charge on any atom is -0.369 e. The number of carbonyl (C=O) groups is 3. The smallest absolute Gasteiger partial charge is 0.257 e. The van der Waals surface area contributed by atoms with Gasteiger partial charge in [0.25, 0.3) is 17.7 Å². The Labute approximate surface area is 261 Å². The maximum atomic E-state index is 13.9. The summed E-state index contributed by atoms with van der Waals surface area (Å²) in [7, 11) is 1.77. The van der Waals surface area contributed by atoms with Crippen molar-refractivity contribution in [2.45, 2.75) is 13.0 Å². The van der Waals surface area contributed by atoms with E-state index in [-0.39, 0.29) is 17.7 Å². The van der Waals surface area contributed by atoms with Crippen molar-refractivity contribution >= 4 is 52.3 Å². The number of rotatable bonds is 7. The summed E-state index contributed by atoms with van der Waals surface area (Å²) in [5, 5.41) is 3.82. The molecule has 7 nitrogen and oxygen atoms in total. The fourth-order valence-corrected chi connectivity index (χ4v) is 5.52. The number of nitrogens with one attached hydrogen (secondary N) is 1. The highest BCUT2D eigenvalue weighted by Crippen LogP contribution is 2.28. The Hall–Kier alpha value is -4.33. The zero-order valence-corrected chi connectivity index (χ0v) is 25.3. The van der Waals surface area contributed by atoms with E-state index in [1.807, 2.05) is 41.3 Å². The Morgan fingerprint density at radius 2 is 1.51 bits per heavy atom. The summed E-state index contributed by atoms with van der Waals surface area (Å²) in [6.45, 7) is 2.74. The van der Waals surface area contributed by atoms with Gasteiger partial charge < -0.3 is 20.0 Å². The Kier molecular flexibility index (Phi) is 9.65. The van der Waals surface area contributed by atoms with Gasteiger partial charge in [-0.2, -0.15) is 0 Å². The highest BCUT2D eigenvalue weighted by molar-refractivity contribution is 6.34. The number of hydrogen-bond acceptors (Lipinski definition) is 4. The molecule has 220 valence electrons. The van der Waals surface area contributed by atoms with Crippen molar-refractivity contribution < 1.29 is 14.4 Å².